The number of rotatable bonds is 8. The van der Waals surface area contributed by atoms with Crippen molar-refractivity contribution in [1.82, 2.24) is 5.32 Å². The maximum absolute atomic E-state index is 12.4. The summed E-state index contributed by atoms with van der Waals surface area (Å²) in [5, 5.41) is 8.02. The highest BCUT2D eigenvalue weighted by molar-refractivity contribution is 7.89. The number of amides is 1. The van der Waals surface area contributed by atoms with Crippen molar-refractivity contribution in [1.29, 1.82) is 0 Å². The molecule has 0 bridgehead atoms. The second-order valence-electron chi connectivity index (χ2n) is 7.29. The summed E-state index contributed by atoms with van der Waals surface area (Å²) in [4.78, 5) is 12.5. The molecule has 0 radical (unpaired) electrons. The van der Waals surface area contributed by atoms with E-state index in [0.29, 0.717) is 18.9 Å². The monoisotopic (exact) mass is 388 g/mol. The van der Waals surface area contributed by atoms with E-state index in [1.54, 1.807) is 12.1 Å². The molecule has 3 N–H and O–H groups in total. The molecule has 146 valence electrons. The van der Waals surface area contributed by atoms with Crippen LogP contribution in [0.4, 0.5) is 0 Å². The summed E-state index contributed by atoms with van der Waals surface area (Å²) in [6, 6.07) is 14.6. The van der Waals surface area contributed by atoms with Crippen LogP contribution in [0.25, 0.3) is 0 Å². The van der Waals surface area contributed by atoms with Gasteiger partial charge in [0, 0.05) is 6.54 Å². The lowest BCUT2D eigenvalue weighted by atomic mass is 9.96. The van der Waals surface area contributed by atoms with E-state index in [1.807, 2.05) is 19.1 Å². The van der Waals surface area contributed by atoms with Gasteiger partial charge in [0.15, 0.2) is 0 Å². The van der Waals surface area contributed by atoms with Gasteiger partial charge in [-0.2, -0.15) is 0 Å². The first kappa shape index (κ1) is 21.1. The predicted molar refractivity (Wildman–Crippen MR) is 108 cm³/mol. The average molecular weight is 389 g/mol. The van der Waals surface area contributed by atoms with E-state index in [2.05, 4.69) is 31.3 Å². The maximum atomic E-state index is 12.4. The number of hydrogen-bond donors (Lipinski definition) is 2. The standard InChI is InChI=1S/C21H28N2O3S/c1-15(2)14-18-4-8-19(9-5-18)16(3)21(24)23-13-12-17-6-10-20(11-7-17)27(22,25)26/h4-11,15-16H,12-14H2,1-3H3,(H,23,24)(H2,22,25,26). The molecule has 0 spiro atoms. The number of primary sulfonamides is 1. The third kappa shape index (κ3) is 6.48. The molecule has 2 aromatic carbocycles. The summed E-state index contributed by atoms with van der Waals surface area (Å²) in [5.41, 5.74) is 3.22. The lowest BCUT2D eigenvalue weighted by molar-refractivity contribution is -0.122. The fourth-order valence-electron chi connectivity index (χ4n) is 2.89. The number of sulfonamides is 1. The zero-order chi connectivity index (χ0) is 20.0. The van der Waals surface area contributed by atoms with Gasteiger partial charge >= 0.3 is 0 Å². The fraction of sp³-hybridized carbons (Fsp3) is 0.381. The van der Waals surface area contributed by atoms with Crippen LogP contribution in [-0.2, 0) is 27.7 Å². The SMILES string of the molecule is CC(C)Cc1ccc(C(C)C(=O)NCCc2ccc(S(N)(=O)=O)cc2)cc1. The molecule has 27 heavy (non-hydrogen) atoms. The number of carbonyl (C=O) groups is 1. The summed E-state index contributed by atoms with van der Waals surface area (Å²) in [6.45, 7) is 6.76. The minimum atomic E-state index is -3.68. The summed E-state index contributed by atoms with van der Waals surface area (Å²) in [5.74, 6) is 0.367. The van der Waals surface area contributed by atoms with Gasteiger partial charge in [-0.1, -0.05) is 50.2 Å². The predicted octanol–water partition coefficient (Wildman–Crippen LogP) is 2.99. The molecule has 1 unspecified atom stereocenters. The van der Waals surface area contributed by atoms with Crippen LogP contribution in [0.5, 0.6) is 0 Å². The van der Waals surface area contributed by atoms with Crippen LogP contribution in [-0.4, -0.2) is 20.9 Å². The van der Waals surface area contributed by atoms with E-state index in [0.717, 1.165) is 17.5 Å². The zero-order valence-electron chi connectivity index (χ0n) is 16.1. The first-order valence-electron chi connectivity index (χ1n) is 9.15. The second kappa shape index (κ2) is 9.15. The topological polar surface area (TPSA) is 89.3 Å². The van der Waals surface area contributed by atoms with E-state index >= 15 is 0 Å². The molecule has 0 fully saturated rings. The first-order chi connectivity index (χ1) is 12.7. The fourth-order valence-corrected chi connectivity index (χ4v) is 3.41. The normalized spacial score (nSPS) is 12.8. The number of carbonyl (C=O) groups excluding carboxylic acids is 1. The summed E-state index contributed by atoms with van der Waals surface area (Å²) in [7, 11) is -3.68. The van der Waals surface area contributed by atoms with Gasteiger partial charge in [0.25, 0.3) is 0 Å². The molecular weight excluding hydrogens is 360 g/mol. The highest BCUT2D eigenvalue weighted by Gasteiger charge is 2.15. The van der Waals surface area contributed by atoms with Gasteiger partial charge in [0.2, 0.25) is 15.9 Å². The molecule has 0 aromatic heterocycles. The van der Waals surface area contributed by atoms with Gasteiger partial charge in [-0.15, -0.1) is 0 Å². The van der Waals surface area contributed by atoms with Crippen LogP contribution in [0.1, 0.15) is 43.4 Å². The number of benzene rings is 2. The number of nitrogens with two attached hydrogens (primary N) is 1. The van der Waals surface area contributed by atoms with Gasteiger partial charge in [0.1, 0.15) is 0 Å². The summed E-state index contributed by atoms with van der Waals surface area (Å²) < 4.78 is 22.5. The zero-order valence-corrected chi connectivity index (χ0v) is 16.9. The van der Waals surface area contributed by atoms with Crippen molar-refractivity contribution in [3.63, 3.8) is 0 Å². The molecule has 0 saturated carbocycles. The molecule has 0 saturated heterocycles. The molecule has 0 heterocycles. The smallest absolute Gasteiger partial charge is 0.238 e. The first-order valence-corrected chi connectivity index (χ1v) is 10.7. The number of hydrogen-bond acceptors (Lipinski definition) is 3. The number of nitrogens with one attached hydrogen (secondary N) is 1. The third-order valence-corrected chi connectivity index (χ3v) is 5.41. The van der Waals surface area contributed by atoms with E-state index in [1.165, 1.54) is 17.7 Å². The molecule has 0 aliphatic rings. The van der Waals surface area contributed by atoms with Crippen molar-refractivity contribution >= 4 is 15.9 Å². The van der Waals surface area contributed by atoms with Crippen molar-refractivity contribution in [2.75, 3.05) is 6.54 Å². The minimum Gasteiger partial charge on any atom is -0.355 e. The molecule has 0 aliphatic carbocycles. The second-order valence-corrected chi connectivity index (χ2v) is 8.85. The van der Waals surface area contributed by atoms with Crippen molar-refractivity contribution in [3.05, 3.63) is 65.2 Å². The Morgan fingerprint density at radius 3 is 2.04 bits per heavy atom. The highest BCUT2D eigenvalue weighted by atomic mass is 32.2. The molecule has 0 aliphatic heterocycles. The molecule has 1 amide bonds. The maximum Gasteiger partial charge on any atom is 0.238 e. The summed E-state index contributed by atoms with van der Waals surface area (Å²) >= 11 is 0. The molecule has 5 nitrogen and oxygen atoms in total. The van der Waals surface area contributed by atoms with Crippen LogP contribution in [0, 0.1) is 5.92 Å². The van der Waals surface area contributed by atoms with E-state index < -0.39 is 10.0 Å². The lowest BCUT2D eigenvalue weighted by Gasteiger charge is -2.14. The van der Waals surface area contributed by atoms with Gasteiger partial charge in [-0.3, -0.25) is 4.79 Å². The molecule has 2 rings (SSSR count). The Morgan fingerprint density at radius 1 is 0.963 bits per heavy atom. The Labute approximate surface area is 162 Å². The Balaban J connectivity index is 1.86. The van der Waals surface area contributed by atoms with E-state index in [4.69, 9.17) is 5.14 Å². The van der Waals surface area contributed by atoms with E-state index in [-0.39, 0.29) is 16.7 Å². The van der Waals surface area contributed by atoms with Crippen LogP contribution in [0.3, 0.4) is 0 Å². The van der Waals surface area contributed by atoms with Crippen LogP contribution < -0.4 is 10.5 Å². The molecule has 6 heteroatoms. The Bertz CT molecular complexity index is 857. The van der Waals surface area contributed by atoms with Crippen LogP contribution in [0.15, 0.2) is 53.4 Å². The average Bonchev–Trinajstić information content (AvgIpc) is 2.61. The van der Waals surface area contributed by atoms with Gasteiger partial charge in [0.05, 0.1) is 10.8 Å². The van der Waals surface area contributed by atoms with Gasteiger partial charge < -0.3 is 5.32 Å². The van der Waals surface area contributed by atoms with Gasteiger partial charge in [-0.05, 0) is 54.5 Å². The Morgan fingerprint density at radius 2 is 1.52 bits per heavy atom. The molecule has 1 atom stereocenters. The van der Waals surface area contributed by atoms with Crippen molar-refractivity contribution in [2.24, 2.45) is 11.1 Å². The molecular formula is C21H28N2O3S. The lowest BCUT2D eigenvalue weighted by Crippen LogP contribution is -2.29. The van der Waals surface area contributed by atoms with Crippen molar-refractivity contribution < 1.29 is 13.2 Å². The largest absolute Gasteiger partial charge is 0.355 e. The van der Waals surface area contributed by atoms with Crippen LogP contribution >= 0.6 is 0 Å². The van der Waals surface area contributed by atoms with Crippen LogP contribution in [0.2, 0.25) is 0 Å². The highest BCUT2D eigenvalue weighted by Crippen LogP contribution is 2.18. The summed E-state index contributed by atoms with van der Waals surface area (Å²) in [6.07, 6.45) is 1.65. The van der Waals surface area contributed by atoms with E-state index in [9.17, 15) is 13.2 Å². The Hall–Kier alpha value is -2.18. The van der Waals surface area contributed by atoms with Crippen molar-refractivity contribution in [2.45, 2.75) is 44.4 Å². The van der Waals surface area contributed by atoms with Gasteiger partial charge in [-0.25, -0.2) is 13.6 Å². The quantitative estimate of drug-likeness (QED) is 0.728. The molecule has 2 aromatic rings. The Kier molecular flexibility index (Phi) is 7.16. The minimum absolute atomic E-state index is 0.0206. The van der Waals surface area contributed by atoms with Crippen molar-refractivity contribution in [3.8, 4) is 0 Å². The third-order valence-electron chi connectivity index (χ3n) is 4.48.